The molecule has 35 heavy (non-hydrogen) atoms. The summed E-state index contributed by atoms with van der Waals surface area (Å²) in [5, 5.41) is 3.12. The van der Waals surface area contributed by atoms with Gasteiger partial charge in [0.25, 0.3) is 5.91 Å². The standard InChI is InChI=1S/C25H28F2N6O2/c1-5-25(26,27)7-9-32(4)23-16(2)10-18(11-30-23)13-33-14-20-19(24(33)34)6-8-29-22(20)31-17(3)21-12-28-15-35-21/h6,8,10-12,15H,3,5,7,9,13-14H2,1-2,4H3,(H,29,31). The fraction of sp³-hybridized carbons (Fsp3) is 0.360. The van der Waals surface area contributed by atoms with Gasteiger partial charge in [-0.2, -0.15) is 0 Å². The van der Waals surface area contributed by atoms with Gasteiger partial charge < -0.3 is 19.5 Å². The number of oxazole rings is 1. The van der Waals surface area contributed by atoms with Gasteiger partial charge in [0.15, 0.2) is 12.2 Å². The lowest BCUT2D eigenvalue weighted by molar-refractivity contribution is -0.00905. The van der Waals surface area contributed by atoms with E-state index < -0.39 is 5.92 Å². The molecule has 1 amide bonds. The molecular formula is C25H28F2N6O2. The van der Waals surface area contributed by atoms with E-state index in [9.17, 15) is 13.6 Å². The molecule has 0 fully saturated rings. The fourth-order valence-electron chi connectivity index (χ4n) is 4.04. The number of hydrogen-bond donors (Lipinski definition) is 1. The average Bonchev–Trinajstić information content (AvgIpc) is 3.48. The van der Waals surface area contributed by atoms with Crippen LogP contribution in [0.4, 0.5) is 20.4 Å². The first-order chi connectivity index (χ1) is 16.7. The number of nitrogens with one attached hydrogen (secondary N) is 1. The molecule has 0 unspecified atom stereocenters. The monoisotopic (exact) mass is 482 g/mol. The van der Waals surface area contributed by atoms with Crippen molar-refractivity contribution in [1.29, 1.82) is 0 Å². The summed E-state index contributed by atoms with van der Waals surface area (Å²) in [7, 11) is 1.76. The Morgan fingerprint density at radius 1 is 1.34 bits per heavy atom. The highest BCUT2D eigenvalue weighted by molar-refractivity contribution is 6.00. The van der Waals surface area contributed by atoms with E-state index in [2.05, 4.69) is 26.8 Å². The van der Waals surface area contributed by atoms with Crippen molar-refractivity contribution >= 4 is 23.2 Å². The predicted molar refractivity (Wildman–Crippen MR) is 129 cm³/mol. The lowest BCUT2D eigenvalue weighted by atomic mass is 10.1. The Hall–Kier alpha value is -3.82. The smallest absolute Gasteiger partial charge is 0.255 e. The van der Waals surface area contributed by atoms with Crippen molar-refractivity contribution in [2.45, 2.75) is 45.7 Å². The molecule has 0 bridgehead atoms. The van der Waals surface area contributed by atoms with Gasteiger partial charge in [-0.1, -0.05) is 13.5 Å². The van der Waals surface area contributed by atoms with E-state index >= 15 is 0 Å². The van der Waals surface area contributed by atoms with Crippen molar-refractivity contribution in [1.82, 2.24) is 19.9 Å². The van der Waals surface area contributed by atoms with Crippen LogP contribution >= 0.6 is 0 Å². The fourth-order valence-corrected chi connectivity index (χ4v) is 4.04. The molecule has 0 aromatic carbocycles. The number of aryl methyl sites for hydroxylation is 1. The molecule has 0 saturated heterocycles. The van der Waals surface area contributed by atoms with Gasteiger partial charge in [0.05, 0.1) is 18.4 Å². The number of carbonyl (C=O) groups is 1. The number of alkyl halides is 2. The quantitative estimate of drug-likeness (QED) is 0.441. The largest absolute Gasteiger partial charge is 0.442 e. The molecule has 0 radical (unpaired) electrons. The van der Waals surface area contributed by atoms with Crippen LogP contribution in [0.2, 0.25) is 0 Å². The third kappa shape index (κ3) is 5.31. The summed E-state index contributed by atoms with van der Waals surface area (Å²) in [6, 6.07) is 3.64. The van der Waals surface area contributed by atoms with E-state index in [0.29, 0.717) is 41.7 Å². The van der Waals surface area contributed by atoms with Crippen LogP contribution in [0.3, 0.4) is 0 Å². The van der Waals surface area contributed by atoms with Crippen LogP contribution < -0.4 is 10.2 Å². The summed E-state index contributed by atoms with van der Waals surface area (Å²) in [5.74, 6) is -1.11. The first-order valence-corrected chi connectivity index (χ1v) is 11.3. The van der Waals surface area contributed by atoms with Crippen LogP contribution in [0.1, 0.15) is 52.6 Å². The lowest BCUT2D eigenvalue weighted by Crippen LogP contribution is -2.27. The van der Waals surface area contributed by atoms with Gasteiger partial charge in [-0.15, -0.1) is 0 Å². The van der Waals surface area contributed by atoms with E-state index in [-0.39, 0.29) is 25.3 Å². The number of halogens is 2. The normalized spacial score (nSPS) is 13.2. The third-order valence-electron chi connectivity index (χ3n) is 6.09. The highest BCUT2D eigenvalue weighted by Crippen LogP contribution is 2.31. The van der Waals surface area contributed by atoms with Gasteiger partial charge in [-0.05, 0) is 30.2 Å². The number of anilines is 2. The minimum absolute atomic E-state index is 0.101. The van der Waals surface area contributed by atoms with E-state index in [1.54, 1.807) is 41.5 Å². The number of fused-ring (bicyclic) bond motifs is 1. The second-order valence-electron chi connectivity index (χ2n) is 8.68. The highest BCUT2D eigenvalue weighted by Gasteiger charge is 2.31. The second-order valence-corrected chi connectivity index (χ2v) is 8.68. The molecule has 0 saturated carbocycles. The van der Waals surface area contributed by atoms with Crippen LogP contribution in [0.5, 0.6) is 0 Å². The van der Waals surface area contributed by atoms with E-state index in [1.807, 2.05) is 13.0 Å². The van der Waals surface area contributed by atoms with Crippen LogP contribution in [-0.2, 0) is 13.1 Å². The summed E-state index contributed by atoms with van der Waals surface area (Å²) in [6.45, 7) is 8.27. The number of carbonyl (C=O) groups excluding carboxylic acids is 1. The van der Waals surface area contributed by atoms with Gasteiger partial charge >= 0.3 is 0 Å². The van der Waals surface area contributed by atoms with Crippen molar-refractivity contribution in [3.05, 3.63) is 71.7 Å². The van der Waals surface area contributed by atoms with Crippen molar-refractivity contribution in [3.8, 4) is 0 Å². The zero-order valence-electron chi connectivity index (χ0n) is 20.0. The van der Waals surface area contributed by atoms with Crippen molar-refractivity contribution in [3.63, 3.8) is 0 Å². The summed E-state index contributed by atoms with van der Waals surface area (Å²) in [6.07, 6.45) is 5.72. The molecule has 1 N–H and O–H groups in total. The van der Waals surface area contributed by atoms with E-state index in [1.165, 1.54) is 13.3 Å². The van der Waals surface area contributed by atoms with Crippen molar-refractivity contribution < 1.29 is 18.0 Å². The molecular weight excluding hydrogens is 454 g/mol. The van der Waals surface area contributed by atoms with Crippen LogP contribution in [-0.4, -0.2) is 45.3 Å². The highest BCUT2D eigenvalue weighted by atomic mass is 19.3. The van der Waals surface area contributed by atoms with Crippen LogP contribution in [0.25, 0.3) is 5.70 Å². The zero-order valence-corrected chi connectivity index (χ0v) is 20.0. The van der Waals surface area contributed by atoms with E-state index in [4.69, 9.17) is 4.42 Å². The maximum Gasteiger partial charge on any atom is 0.255 e. The maximum atomic E-state index is 13.6. The number of pyridine rings is 2. The Kier molecular flexibility index (Phi) is 6.81. The minimum atomic E-state index is -2.68. The number of nitrogens with zero attached hydrogens (tertiary/aromatic N) is 5. The number of amides is 1. The Balaban J connectivity index is 1.44. The second kappa shape index (κ2) is 9.81. The molecule has 0 aliphatic carbocycles. The third-order valence-corrected chi connectivity index (χ3v) is 6.09. The van der Waals surface area contributed by atoms with Crippen LogP contribution in [0, 0.1) is 6.92 Å². The summed E-state index contributed by atoms with van der Waals surface area (Å²) >= 11 is 0. The zero-order chi connectivity index (χ0) is 25.2. The number of hydrogen-bond acceptors (Lipinski definition) is 7. The van der Waals surface area contributed by atoms with E-state index in [0.717, 1.165) is 16.7 Å². The molecule has 184 valence electrons. The average molecular weight is 483 g/mol. The molecule has 0 atom stereocenters. The van der Waals surface area contributed by atoms with Gasteiger partial charge in [0.1, 0.15) is 11.6 Å². The molecule has 4 heterocycles. The minimum Gasteiger partial charge on any atom is -0.442 e. The summed E-state index contributed by atoms with van der Waals surface area (Å²) in [4.78, 5) is 29.3. The first kappa shape index (κ1) is 24.3. The topological polar surface area (TPSA) is 87.4 Å². The Morgan fingerprint density at radius 3 is 2.83 bits per heavy atom. The Labute approximate surface area is 202 Å². The van der Waals surface area contributed by atoms with Crippen molar-refractivity contribution in [2.24, 2.45) is 0 Å². The van der Waals surface area contributed by atoms with Gasteiger partial charge in [-0.3, -0.25) is 4.79 Å². The first-order valence-electron chi connectivity index (χ1n) is 11.3. The number of aromatic nitrogens is 3. The molecule has 1 aliphatic heterocycles. The number of rotatable bonds is 10. The SMILES string of the molecule is C=C(Nc1nccc2c1CN(Cc1cnc(N(C)CCC(F)(F)CC)c(C)c1)C2=O)c1cnco1. The predicted octanol–water partition coefficient (Wildman–Crippen LogP) is 4.88. The van der Waals surface area contributed by atoms with Crippen molar-refractivity contribution in [2.75, 3.05) is 23.8 Å². The molecule has 10 heteroatoms. The summed E-state index contributed by atoms with van der Waals surface area (Å²) in [5.41, 5.74) is 3.56. The van der Waals surface area contributed by atoms with Crippen LogP contribution in [0.15, 0.2) is 48.1 Å². The van der Waals surface area contributed by atoms with Gasteiger partial charge in [-0.25, -0.2) is 23.7 Å². The molecule has 3 aromatic heterocycles. The molecule has 1 aliphatic rings. The summed E-state index contributed by atoms with van der Waals surface area (Å²) < 4.78 is 32.5. The molecule has 4 rings (SSSR count). The Morgan fingerprint density at radius 2 is 2.14 bits per heavy atom. The molecule has 8 nitrogen and oxygen atoms in total. The molecule has 0 spiro atoms. The molecule has 3 aromatic rings. The van der Waals surface area contributed by atoms with Gasteiger partial charge in [0, 0.05) is 56.5 Å². The van der Waals surface area contributed by atoms with Gasteiger partial charge in [0.2, 0.25) is 5.92 Å². The maximum absolute atomic E-state index is 13.6. The lowest BCUT2D eigenvalue weighted by Gasteiger charge is -2.24. The Bertz CT molecular complexity index is 1230.